The lowest BCUT2D eigenvalue weighted by Gasteiger charge is -2.12. The molecule has 9 nitrogen and oxygen atoms in total. The van der Waals surface area contributed by atoms with E-state index in [1.54, 1.807) is 41.5 Å². The van der Waals surface area contributed by atoms with E-state index in [2.05, 4.69) is 25.5 Å². The molecule has 0 spiro atoms. The molecule has 0 radical (unpaired) electrons. The highest BCUT2D eigenvalue weighted by molar-refractivity contribution is 6.04. The average molecular weight is 496 g/mol. The molecule has 0 aliphatic rings. The Morgan fingerprint density at radius 2 is 1.86 bits per heavy atom. The predicted octanol–water partition coefficient (Wildman–Crippen LogP) is 4.28. The van der Waals surface area contributed by atoms with Gasteiger partial charge >= 0.3 is 6.18 Å². The van der Waals surface area contributed by atoms with Crippen molar-refractivity contribution in [1.82, 2.24) is 29.4 Å². The number of aryl methyl sites for hydroxylation is 1. The fourth-order valence-corrected chi connectivity index (χ4v) is 3.64. The number of rotatable bonds is 4. The van der Waals surface area contributed by atoms with Gasteiger partial charge in [-0.3, -0.25) is 4.79 Å². The molecule has 0 bridgehead atoms. The normalized spacial score (nSPS) is 11.7. The van der Waals surface area contributed by atoms with Gasteiger partial charge < -0.3 is 11.1 Å². The standard InChI is InChI=1S/C23H16F4N8O/c1-12-2-3-17(33-22(36)13-4-15(23(25,26)27)6-16(24)5-13)7-18(12)34-10-14(8-31-34)19-9-29-21-20(28)30-11-32-35(19)21/h2-11H,1H3,(H,33,36)(H2,28,30,32). The number of imidazole rings is 1. The van der Waals surface area contributed by atoms with E-state index in [-0.39, 0.29) is 11.5 Å². The number of halogens is 4. The van der Waals surface area contributed by atoms with Gasteiger partial charge in [0.05, 0.1) is 29.3 Å². The van der Waals surface area contributed by atoms with E-state index in [4.69, 9.17) is 5.73 Å². The molecule has 0 fully saturated rings. The van der Waals surface area contributed by atoms with E-state index in [0.717, 1.165) is 11.6 Å². The van der Waals surface area contributed by atoms with E-state index in [9.17, 15) is 22.4 Å². The quantitative estimate of drug-likeness (QED) is 0.359. The average Bonchev–Trinajstić information content (AvgIpc) is 3.47. The third-order valence-corrected chi connectivity index (χ3v) is 5.41. The van der Waals surface area contributed by atoms with Crippen LogP contribution in [-0.4, -0.2) is 35.3 Å². The molecule has 0 atom stereocenters. The fourth-order valence-electron chi connectivity index (χ4n) is 3.64. The summed E-state index contributed by atoms with van der Waals surface area (Å²) >= 11 is 0. The highest BCUT2D eigenvalue weighted by Crippen LogP contribution is 2.31. The summed E-state index contributed by atoms with van der Waals surface area (Å²) in [5.41, 5.74) is 7.50. The molecule has 13 heteroatoms. The monoisotopic (exact) mass is 496 g/mol. The van der Waals surface area contributed by atoms with Crippen LogP contribution in [0.25, 0.3) is 22.6 Å². The van der Waals surface area contributed by atoms with Crippen molar-refractivity contribution in [2.75, 3.05) is 11.1 Å². The summed E-state index contributed by atoms with van der Waals surface area (Å²) in [4.78, 5) is 20.7. The molecule has 0 unspecified atom stereocenters. The van der Waals surface area contributed by atoms with Crippen LogP contribution in [0, 0.1) is 12.7 Å². The van der Waals surface area contributed by atoms with Gasteiger partial charge in [0.2, 0.25) is 0 Å². The van der Waals surface area contributed by atoms with Crippen molar-refractivity contribution in [3.8, 4) is 16.9 Å². The Bertz CT molecular complexity index is 1620. The second kappa shape index (κ2) is 8.45. The van der Waals surface area contributed by atoms with Crippen molar-refractivity contribution in [2.24, 2.45) is 0 Å². The number of amides is 1. The molecular weight excluding hydrogens is 480 g/mol. The number of fused-ring (bicyclic) bond motifs is 1. The number of alkyl halides is 3. The summed E-state index contributed by atoms with van der Waals surface area (Å²) in [6.07, 6.45) is 1.42. The Morgan fingerprint density at radius 3 is 2.64 bits per heavy atom. The molecule has 1 amide bonds. The number of hydrogen-bond acceptors (Lipinski definition) is 6. The highest BCUT2D eigenvalue weighted by Gasteiger charge is 2.32. The minimum Gasteiger partial charge on any atom is -0.381 e. The molecule has 0 aliphatic carbocycles. The topological polar surface area (TPSA) is 116 Å². The van der Waals surface area contributed by atoms with Gasteiger partial charge in [-0.15, -0.1) is 0 Å². The first kappa shape index (κ1) is 23.0. The molecule has 2 aromatic carbocycles. The van der Waals surface area contributed by atoms with Crippen LogP contribution in [0.3, 0.4) is 0 Å². The lowest BCUT2D eigenvalue weighted by molar-refractivity contribution is -0.137. The molecule has 3 N–H and O–H groups in total. The van der Waals surface area contributed by atoms with Crippen molar-refractivity contribution in [2.45, 2.75) is 13.1 Å². The molecule has 5 aromatic rings. The van der Waals surface area contributed by atoms with Crippen LogP contribution in [0.5, 0.6) is 0 Å². The number of aromatic nitrogens is 6. The number of nitrogen functional groups attached to an aromatic ring is 1. The molecule has 0 aliphatic heterocycles. The molecule has 0 saturated heterocycles. The molecule has 182 valence electrons. The molecular formula is C23H16F4N8O. The zero-order chi connectivity index (χ0) is 25.6. The van der Waals surface area contributed by atoms with Crippen LogP contribution < -0.4 is 11.1 Å². The van der Waals surface area contributed by atoms with Gasteiger partial charge in [0, 0.05) is 23.0 Å². The lowest BCUT2D eigenvalue weighted by atomic mass is 10.1. The first-order valence-corrected chi connectivity index (χ1v) is 10.4. The second-order valence-electron chi connectivity index (χ2n) is 7.88. The lowest BCUT2D eigenvalue weighted by Crippen LogP contribution is -2.15. The molecule has 0 saturated carbocycles. The number of hydrogen-bond donors (Lipinski definition) is 2. The number of carbonyl (C=O) groups excluding carboxylic acids is 1. The van der Waals surface area contributed by atoms with Crippen molar-refractivity contribution in [3.63, 3.8) is 0 Å². The van der Waals surface area contributed by atoms with E-state index in [1.165, 1.54) is 10.8 Å². The number of carbonyl (C=O) groups is 1. The minimum absolute atomic E-state index is 0.226. The number of anilines is 2. The van der Waals surface area contributed by atoms with Crippen molar-refractivity contribution >= 4 is 23.1 Å². The van der Waals surface area contributed by atoms with Crippen LogP contribution in [0.2, 0.25) is 0 Å². The number of benzene rings is 2. The Labute approximate surface area is 200 Å². The van der Waals surface area contributed by atoms with Gasteiger partial charge in [-0.25, -0.2) is 23.6 Å². The Hall–Kier alpha value is -4.81. The number of nitrogens with two attached hydrogens (primary N) is 1. The Morgan fingerprint density at radius 1 is 1.06 bits per heavy atom. The molecule has 5 rings (SSSR count). The third-order valence-electron chi connectivity index (χ3n) is 5.41. The maximum atomic E-state index is 13.7. The largest absolute Gasteiger partial charge is 0.416 e. The van der Waals surface area contributed by atoms with Crippen molar-refractivity contribution in [1.29, 1.82) is 0 Å². The summed E-state index contributed by atoms with van der Waals surface area (Å²) < 4.78 is 55.8. The van der Waals surface area contributed by atoms with Crippen LogP contribution >= 0.6 is 0 Å². The van der Waals surface area contributed by atoms with Gasteiger partial charge in [-0.05, 0) is 42.8 Å². The van der Waals surface area contributed by atoms with Gasteiger partial charge in [-0.2, -0.15) is 23.4 Å². The predicted molar refractivity (Wildman–Crippen MR) is 122 cm³/mol. The molecule has 3 heterocycles. The Kier molecular flexibility index (Phi) is 5.39. The smallest absolute Gasteiger partial charge is 0.381 e. The van der Waals surface area contributed by atoms with E-state index < -0.39 is 29.0 Å². The van der Waals surface area contributed by atoms with Crippen LogP contribution in [0.15, 0.2) is 61.3 Å². The number of nitrogens with zero attached hydrogens (tertiary/aromatic N) is 6. The maximum absolute atomic E-state index is 13.7. The van der Waals surface area contributed by atoms with Crippen LogP contribution in [0.4, 0.5) is 29.1 Å². The van der Waals surface area contributed by atoms with Crippen LogP contribution in [-0.2, 0) is 6.18 Å². The fraction of sp³-hybridized carbons (Fsp3) is 0.0870. The first-order chi connectivity index (χ1) is 17.1. The van der Waals surface area contributed by atoms with E-state index in [0.29, 0.717) is 34.7 Å². The summed E-state index contributed by atoms with van der Waals surface area (Å²) in [6.45, 7) is 1.83. The van der Waals surface area contributed by atoms with E-state index >= 15 is 0 Å². The van der Waals surface area contributed by atoms with Gasteiger partial charge in [0.15, 0.2) is 11.5 Å². The minimum atomic E-state index is -4.79. The number of nitrogens with one attached hydrogen (secondary N) is 1. The van der Waals surface area contributed by atoms with E-state index in [1.807, 2.05) is 6.92 Å². The SMILES string of the molecule is Cc1ccc(NC(=O)c2cc(F)cc(C(F)(F)F)c2)cc1-n1cc(-c2cnc3c(N)ncnn23)cn1. The first-order valence-electron chi connectivity index (χ1n) is 10.4. The van der Waals surface area contributed by atoms with Gasteiger partial charge in [0.25, 0.3) is 5.91 Å². The summed E-state index contributed by atoms with van der Waals surface area (Å²) in [5.74, 6) is -1.83. The zero-order valence-corrected chi connectivity index (χ0v) is 18.5. The summed E-state index contributed by atoms with van der Waals surface area (Å²) in [5, 5.41) is 11.0. The summed E-state index contributed by atoms with van der Waals surface area (Å²) in [7, 11) is 0. The van der Waals surface area contributed by atoms with Crippen molar-refractivity contribution < 1.29 is 22.4 Å². The highest BCUT2D eigenvalue weighted by atomic mass is 19.4. The summed E-state index contributed by atoms with van der Waals surface area (Å²) in [6, 6.07) is 6.56. The van der Waals surface area contributed by atoms with Gasteiger partial charge in [0.1, 0.15) is 12.1 Å². The third kappa shape index (κ3) is 4.21. The molecule has 36 heavy (non-hydrogen) atoms. The second-order valence-corrected chi connectivity index (χ2v) is 7.88. The van der Waals surface area contributed by atoms with Crippen LogP contribution in [0.1, 0.15) is 21.5 Å². The van der Waals surface area contributed by atoms with Crippen molar-refractivity contribution in [3.05, 3.63) is 83.8 Å². The Balaban J connectivity index is 1.44. The van der Waals surface area contributed by atoms with Gasteiger partial charge in [-0.1, -0.05) is 6.07 Å². The maximum Gasteiger partial charge on any atom is 0.416 e. The zero-order valence-electron chi connectivity index (χ0n) is 18.5. The molecule has 3 aromatic heterocycles.